The van der Waals surface area contributed by atoms with Gasteiger partial charge in [-0.15, -0.1) is 0 Å². The Kier molecular flexibility index (Phi) is 7.26. The minimum Gasteiger partial charge on any atom is -0.354 e. The fraction of sp³-hybridized carbons (Fsp3) is 0.400. The molecule has 9 heteroatoms. The maximum atomic E-state index is 13.3. The summed E-state index contributed by atoms with van der Waals surface area (Å²) in [6.07, 6.45) is 8.10. The van der Waals surface area contributed by atoms with Crippen LogP contribution in [0.15, 0.2) is 55.0 Å². The van der Waals surface area contributed by atoms with Crippen molar-refractivity contribution in [1.82, 2.24) is 30.0 Å². The average molecular weight is 525 g/mol. The van der Waals surface area contributed by atoms with Gasteiger partial charge in [0.25, 0.3) is 5.91 Å². The van der Waals surface area contributed by atoms with Gasteiger partial charge >= 0.3 is 0 Å². The molecule has 9 nitrogen and oxygen atoms in total. The summed E-state index contributed by atoms with van der Waals surface area (Å²) in [6.45, 7) is 9.35. The summed E-state index contributed by atoms with van der Waals surface area (Å²) >= 11 is 0. The van der Waals surface area contributed by atoms with Crippen LogP contribution in [0.25, 0.3) is 22.0 Å². The highest BCUT2D eigenvalue weighted by molar-refractivity contribution is 6.11. The second-order valence-corrected chi connectivity index (χ2v) is 11.0. The molecule has 6 rings (SSSR count). The number of piperidine rings is 1. The predicted molar refractivity (Wildman–Crippen MR) is 155 cm³/mol. The molecule has 0 atom stereocenters. The van der Waals surface area contributed by atoms with E-state index in [1.54, 1.807) is 6.20 Å². The molecule has 202 valence electrons. The first-order valence-electron chi connectivity index (χ1n) is 13.9. The third kappa shape index (κ3) is 5.79. The monoisotopic (exact) mass is 524 g/mol. The lowest BCUT2D eigenvalue weighted by molar-refractivity contribution is 0.102. The molecule has 0 spiro atoms. The molecule has 2 saturated heterocycles. The summed E-state index contributed by atoms with van der Waals surface area (Å²) in [7, 11) is 2.13. The van der Waals surface area contributed by atoms with Crippen LogP contribution in [0.4, 0.5) is 11.5 Å². The summed E-state index contributed by atoms with van der Waals surface area (Å²) < 4.78 is 0. The van der Waals surface area contributed by atoms with Gasteiger partial charge in [0.2, 0.25) is 0 Å². The van der Waals surface area contributed by atoms with Gasteiger partial charge in [-0.1, -0.05) is 13.0 Å². The van der Waals surface area contributed by atoms with Crippen molar-refractivity contribution < 1.29 is 4.79 Å². The van der Waals surface area contributed by atoms with E-state index < -0.39 is 0 Å². The average Bonchev–Trinajstić information content (AvgIpc) is 3.39. The molecule has 2 aliphatic rings. The van der Waals surface area contributed by atoms with Gasteiger partial charge in [-0.3, -0.25) is 19.8 Å². The van der Waals surface area contributed by atoms with Crippen molar-refractivity contribution in [2.24, 2.45) is 5.92 Å². The summed E-state index contributed by atoms with van der Waals surface area (Å²) in [4.78, 5) is 29.4. The van der Waals surface area contributed by atoms with Crippen molar-refractivity contribution >= 4 is 28.3 Å². The summed E-state index contributed by atoms with van der Waals surface area (Å²) in [5, 5.41) is 11.2. The van der Waals surface area contributed by atoms with E-state index in [1.165, 1.54) is 18.4 Å². The highest BCUT2D eigenvalue weighted by Gasteiger charge is 2.19. The first kappa shape index (κ1) is 25.5. The number of hydrogen-bond donors (Lipinski definition) is 2. The number of fused-ring (bicyclic) bond motifs is 1. The zero-order valence-corrected chi connectivity index (χ0v) is 22.7. The number of benzene rings is 1. The Labute approximate surface area is 229 Å². The fourth-order valence-electron chi connectivity index (χ4n) is 5.47. The molecule has 39 heavy (non-hydrogen) atoms. The molecule has 0 radical (unpaired) electrons. The van der Waals surface area contributed by atoms with Gasteiger partial charge in [0.05, 0.1) is 5.52 Å². The molecule has 0 saturated carbocycles. The number of anilines is 2. The number of likely N-dealkylation sites (N-methyl/N-ethyl adjacent to an activating group) is 1. The van der Waals surface area contributed by atoms with E-state index >= 15 is 0 Å². The Morgan fingerprint density at radius 3 is 2.64 bits per heavy atom. The maximum absolute atomic E-state index is 13.3. The van der Waals surface area contributed by atoms with Gasteiger partial charge in [-0.05, 0) is 74.3 Å². The number of rotatable bonds is 6. The molecule has 3 aromatic heterocycles. The highest BCUT2D eigenvalue weighted by atomic mass is 16.1. The SMILES string of the molecule is CC1CCN(Cc2cncc(-c3ccc4[nH]nc(C(=O)Nc5ccnc(N6CCN(C)CC6)c5)c4c3)c2)CC1. The van der Waals surface area contributed by atoms with E-state index in [9.17, 15) is 4.79 Å². The van der Waals surface area contributed by atoms with Crippen LogP contribution in [-0.2, 0) is 6.54 Å². The van der Waals surface area contributed by atoms with Crippen LogP contribution in [0.2, 0.25) is 0 Å². The van der Waals surface area contributed by atoms with E-state index in [4.69, 9.17) is 0 Å². The lowest BCUT2D eigenvalue weighted by Gasteiger charge is -2.33. The van der Waals surface area contributed by atoms with Crippen LogP contribution < -0.4 is 10.2 Å². The van der Waals surface area contributed by atoms with Crippen molar-refractivity contribution in [3.8, 4) is 11.1 Å². The summed E-state index contributed by atoms with van der Waals surface area (Å²) in [5.74, 6) is 1.44. The topological polar surface area (TPSA) is 93.3 Å². The largest absolute Gasteiger partial charge is 0.354 e. The Hall–Kier alpha value is -3.82. The molecule has 0 aliphatic carbocycles. The number of piperazine rings is 1. The molecule has 4 aromatic rings. The van der Waals surface area contributed by atoms with Gasteiger partial charge in [0.15, 0.2) is 5.69 Å². The van der Waals surface area contributed by atoms with Crippen molar-refractivity contribution in [2.75, 3.05) is 56.5 Å². The zero-order chi connectivity index (χ0) is 26.8. The normalized spacial score (nSPS) is 17.5. The first-order chi connectivity index (χ1) is 19.0. The number of nitrogens with one attached hydrogen (secondary N) is 2. The van der Waals surface area contributed by atoms with Crippen LogP contribution in [0.3, 0.4) is 0 Å². The number of pyridine rings is 2. The van der Waals surface area contributed by atoms with E-state index in [0.29, 0.717) is 11.4 Å². The second kappa shape index (κ2) is 11.1. The lowest BCUT2D eigenvalue weighted by atomic mass is 9.98. The van der Waals surface area contributed by atoms with Gasteiger partial charge in [-0.25, -0.2) is 4.98 Å². The van der Waals surface area contributed by atoms with Crippen LogP contribution in [0.5, 0.6) is 0 Å². The highest BCUT2D eigenvalue weighted by Crippen LogP contribution is 2.27. The molecular formula is C30H36N8O. The predicted octanol–water partition coefficient (Wildman–Crippen LogP) is 4.26. The number of hydrogen-bond acceptors (Lipinski definition) is 7. The molecule has 2 N–H and O–H groups in total. The number of H-pyrrole nitrogens is 1. The standard InChI is InChI=1S/C30H36N8O/c1-21-6-9-37(10-7-21)20-22-15-24(19-31-18-22)23-3-4-27-26(16-23)29(35-34-27)30(39)33-25-5-8-32-28(17-25)38-13-11-36(2)12-14-38/h3-5,8,15-19,21H,6-7,9-14,20H2,1-2H3,(H,34,35)(H,32,33,39). The number of aromatic nitrogens is 4. The molecule has 1 aromatic carbocycles. The Balaban J connectivity index is 1.19. The van der Waals surface area contributed by atoms with Crippen molar-refractivity contribution in [3.05, 3.63) is 66.2 Å². The summed E-state index contributed by atoms with van der Waals surface area (Å²) in [6, 6.07) is 12.0. The molecule has 0 unspecified atom stereocenters. The number of carbonyl (C=O) groups is 1. The van der Waals surface area contributed by atoms with Gasteiger partial charge in [0, 0.05) is 74.0 Å². The third-order valence-corrected chi connectivity index (χ3v) is 8.02. The van der Waals surface area contributed by atoms with Gasteiger partial charge in [0.1, 0.15) is 5.82 Å². The zero-order valence-electron chi connectivity index (χ0n) is 22.7. The molecule has 0 bridgehead atoms. The van der Waals surface area contributed by atoms with E-state index in [2.05, 4.69) is 66.3 Å². The van der Waals surface area contributed by atoms with Crippen LogP contribution in [-0.4, -0.2) is 82.2 Å². The second-order valence-electron chi connectivity index (χ2n) is 11.0. The van der Waals surface area contributed by atoms with Crippen molar-refractivity contribution in [1.29, 1.82) is 0 Å². The quantitative estimate of drug-likeness (QED) is 0.389. The number of nitrogens with zero attached hydrogens (tertiary/aromatic N) is 6. The Morgan fingerprint density at radius 1 is 1.00 bits per heavy atom. The number of aromatic amines is 1. The Morgan fingerprint density at radius 2 is 1.82 bits per heavy atom. The lowest BCUT2D eigenvalue weighted by Crippen LogP contribution is -2.44. The van der Waals surface area contributed by atoms with Crippen LogP contribution >= 0.6 is 0 Å². The number of likely N-dealkylation sites (tertiary alicyclic amines) is 1. The minimum atomic E-state index is -0.250. The summed E-state index contributed by atoms with van der Waals surface area (Å²) in [5.41, 5.74) is 5.17. The Bertz CT molecular complexity index is 1450. The van der Waals surface area contributed by atoms with Crippen LogP contribution in [0, 0.1) is 5.92 Å². The molecule has 1 amide bonds. The molecule has 2 fully saturated rings. The van der Waals surface area contributed by atoms with Gasteiger partial charge < -0.3 is 15.1 Å². The molecular weight excluding hydrogens is 488 g/mol. The first-order valence-corrected chi connectivity index (χ1v) is 13.9. The van der Waals surface area contributed by atoms with Crippen molar-refractivity contribution in [2.45, 2.75) is 26.3 Å². The number of amides is 1. The maximum Gasteiger partial charge on any atom is 0.276 e. The fourth-order valence-corrected chi connectivity index (χ4v) is 5.47. The smallest absolute Gasteiger partial charge is 0.276 e. The third-order valence-electron chi connectivity index (χ3n) is 8.02. The number of carbonyl (C=O) groups excluding carboxylic acids is 1. The molecule has 5 heterocycles. The molecule has 2 aliphatic heterocycles. The van der Waals surface area contributed by atoms with E-state index in [0.717, 1.165) is 79.6 Å². The van der Waals surface area contributed by atoms with E-state index in [1.807, 2.05) is 36.7 Å². The van der Waals surface area contributed by atoms with E-state index in [-0.39, 0.29) is 5.91 Å². The van der Waals surface area contributed by atoms with Gasteiger partial charge in [-0.2, -0.15) is 5.10 Å². The minimum absolute atomic E-state index is 0.250. The van der Waals surface area contributed by atoms with Crippen molar-refractivity contribution in [3.63, 3.8) is 0 Å². The van der Waals surface area contributed by atoms with Crippen LogP contribution in [0.1, 0.15) is 35.8 Å².